The minimum atomic E-state index is -0.0643. The van der Waals surface area contributed by atoms with Gasteiger partial charge in [-0.2, -0.15) is 0 Å². The number of aromatic nitrogens is 4. The SMILES string of the molecule is Cc1ccc(-n2cc(C(=O)N3CCCN(c4nc(C)cs4)CC3)nn2)cc1. The lowest BCUT2D eigenvalue weighted by molar-refractivity contribution is 0.0761. The number of anilines is 1. The van der Waals surface area contributed by atoms with Crippen molar-refractivity contribution in [3.8, 4) is 5.69 Å². The summed E-state index contributed by atoms with van der Waals surface area (Å²) in [6.07, 6.45) is 2.62. The van der Waals surface area contributed by atoms with Gasteiger partial charge in [-0.25, -0.2) is 9.67 Å². The minimum absolute atomic E-state index is 0.0643. The minimum Gasteiger partial charge on any atom is -0.346 e. The van der Waals surface area contributed by atoms with Crippen LogP contribution in [0.2, 0.25) is 0 Å². The molecule has 1 saturated heterocycles. The van der Waals surface area contributed by atoms with Crippen molar-refractivity contribution >= 4 is 22.4 Å². The van der Waals surface area contributed by atoms with E-state index in [4.69, 9.17) is 0 Å². The summed E-state index contributed by atoms with van der Waals surface area (Å²) in [5, 5.41) is 11.3. The smallest absolute Gasteiger partial charge is 0.276 e. The van der Waals surface area contributed by atoms with Gasteiger partial charge in [0.15, 0.2) is 10.8 Å². The number of carbonyl (C=O) groups is 1. The zero-order valence-electron chi connectivity index (χ0n) is 15.5. The highest BCUT2D eigenvalue weighted by Gasteiger charge is 2.23. The molecule has 0 spiro atoms. The topological polar surface area (TPSA) is 67.2 Å². The fourth-order valence-electron chi connectivity index (χ4n) is 3.15. The molecular formula is C19H22N6OS. The first-order valence-electron chi connectivity index (χ1n) is 9.06. The molecule has 4 rings (SSSR count). The van der Waals surface area contributed by atoms with Crippen LogP contribution < -0.4 is 4.90 Å². The summed E-state index contributed by atoms with van der Waals surface area (Å²) in [5.74, 6) is -0.0643. The first-order valence-corrected chi connectivity index (χ1v) is 9.94. The molecule has 1 aromatic carbocycles. The number of rotatable bonds is 3. The van der Waals surface area contributed by atoms with Crippen LogP contribution in [0, 0.1) is 13.8 Å². The number of hydrogen-bond acceptors (Lipinski definition) is 6. The van der Waals surface area contributed by atoms with Crippen LogP contribution in [0.4, 0.5) is 5.13 Å². The highest BCUT2D eigenvalue weighted by atomic mass is 32.1. The van der Waals surface area contributed by atoms with E-state index in [1.807, 2.05) is 43.0 Å². The quantitative estimate of drug-likeness (QED) is 0.697. The number of nitrogens with zero attached hydrogens (tertiary/aromatic N) is 6. The summed E-state index contributed by atoms with van der Waals surface area (Å²) < 4.78 is 1.65. The fraction of sp³-hybridized carbons (Fsp3) is 0.368. The molecule has 140 valence electrons. The Kier molecular flexibility index (Phi) is 4.89. The molecule has 1 fully saturated rings. The van der Waals surface area contributed by atoms with Crippen molar-refractivity contribution < 1.29 is 4.79 Å². The lowest BCUT2D eigenvalue weighted by Crippen LogP contribution is -2.35. The van der Waals surface area contributed by atoms with Crippen LogP contribution >= 0.6 is 11.3 Å². The molecular weight excluding hydrogens is 360 g/mol. The van der Waals surface area contributed by atoms with Crippen LogP contribution in [-0.4, -0.2) is 57.0 Å². The molecule has 0 aliphatic carbocycles. The molecule has 0 bridgehead atoms. The number of amides is 1. The van der Waals surface area contributed by atoms with E-state index < -0.39 is 0 Å². The average Bonchev–Trinajstić information content (AvgIpc) is 3.25. The normalized spacial score (nSPS) is 15.0. The molecule has 3 heterocycles. The van der Waals surface area contributed by atoms with Crippen molar-refractivity contribution in [3.05, 3.63) is 52.8 Å². The van der Waals surface area contributed by atoms with E-state index in [9.17, 15) is 4.79 Å². The van der Waals surface area contributed by atoms with Gasteiger partial charge in [0.2, 0.25) is 0 Å². The van der Waals surface area contributed by atoms with Gasteiger partial charge in [0.1, 0.15) is 0 Å². The third-order valence-electron chi connectivity index (χ3n) is 4.67. The molecule has 1 aliphatic rings. The van der Waals surface area contributed by atoms with Crippen LogP contribution in [-0.2, 0) is 0 Å². The number of hydrogen-bond donors (Lipinski definition) is 0. The van der Waals surface area contributed by atoms with Crippen molar-refractivity contribution in [1.82, 2.24) is 24.9 Å². The van der Waals surface area contributed by atoms with Gasteiger partial charge >= 0.3 is 0 Å². The monoisotopic (exact) mass is 382 g/mol. The zero-order chi connectivity index (χ0) is 18.8. The van der Waals surface area contributed by atoms with E-state index in [0.717, 1.165) is 42.6 Å². The lowest BCUT2D eigenvalue weighted by Gasteiger charge is -2.20. The molecule has 8 heteroatoms. The maximum absolute atomic E-state index is 12.9. The molecule has 1 amide bonds. The van der Waals surface area contributed by atoms with Crippen LogP contribution in [0.3, 0.4) is 0 Å². The summed E-state index contributed by atoms with van der Waals surface area (Å²) in [7, 11) is 0. The van der Waals surface area contributed by atoms with Crippen molar-refractivity contribution in [3.63, 3.8) is 0 Å². The Bertz CT molecular complexity index is 932. The summed E-state index contributed by atoms with van der Waals surface area (Å²) in [4.78, 5) is 21.6. The first kappa shape index (κ1) is 17.7. The van der Waals surface area contributed by atoms with Gasteiger partial charge in [-0.1, -0.05) is 22.9 Å². The Hall–Kier alpha value is -2.74. The number of benzene rings is 1. The van der Waals surface area contributed by atoms with Crippen LogP contribution in [0.1, 0.15) is 28.2 Å². The van der Waals surface area contributed by atoms with Crippen molar-refractivity contribution in [2.75, 3.05) is 31.1 Å². The average molecular weight is 382 g/mol. The third-order valence-corrected chi connectivity index (χ3v) is 5.69. The van der Waals surface area contributed by atoms with Gasteiger partial charge in [0.05, 0.1) is 17.6 Å². The maximum atomic E-state index is 12.9. The van der Waals surface area contributed by atoms with Gasteiger partial charge < -0.3 is 9.80 Å². The fourth-order valence-corrected chi connectivity index (χ4v) is 4.00. The second-order valence-corrected chi connectivity index (χ2v) is 7.62. The van der Waals surface area contributed by atoms with Crippen LogP contribution in [0.15, 0.2) is 35.8 Å². The number of thiazole rings is 1. The summed E-state index contributed by atoms with van der Waals surface area (Å²) in [5.41, 5.74) is 3.50. The molecule has 27 heavy (non-hydrogen) atoms. The van der Waals surface area contributed by atoms with E-state index in [2.05, 4.69) is 25.6 Å². The summed E-state index contributed by atoms with van der Waals surface area (Å²) in [6, 6.07) is 7.97. The van der Waals surface area contributed by atoms with E-state index in [1.165, 1.54) is 5.56 Å². The van der Waals surface area contributed by atoms with Gasteiger partial charge in [-0.05, 0) is 32.4 Å². The van der Waals surface area contributed by atoms with Crippen molar-refractivity contribution in [2.45, 2.75) is 20.3 Å². The van der Waals surface area contributed by atoms with Crippen molar-refractivity contribution in [2.24, 2.45) is 0 Å². The Labute approximate surface area is 162 Å². The molecule has 7 nitrogen and oxygen atoms in total. The molecule has 2 aromatic heterocycles. The Balaban J connectivity index is 1.44. The van der Waals surface area contributed by atoms with Gasteiger partial charge in [-0.3, -0.25) is 4.79 Å². The largest absolute Gasteiger partial charge is 0.346 e. The van der Waals surface area contributed by atoms with Gasteiger partial charge in [0, 0.05) is 31.6 Å². The standard InChI is InChI=1S/C19H22N6OS/c1-14-4-6-16(7-5-14)25-12-17(21-22-25)18(26)23-8-3-9-24(11-10-23)19-20-15(2)13-27-19/h4-7,12-13H,3,8-11H2,1-2H3. The van der Waals surface area contributed by atoms with Crippen LogP contribution in [0.5, 0.6) is 0 Å². The highest BCUT2D eigenvalue weighted by molar-refractivity contribution is 7.13. The van der Waals surface area contributed by atoms with Gasteiger partial charge in [0.25, 0.3) is 5.91 Å². The molecule has 0 saturated carbocycles. The van der Waals surface area contributed by atoms with E-state index >= 15 is 0 Å². The summed E-state index contributed by atoms with van der Waals surface area (Å²) >= 11 is 1.66. The predicted molar refractivity (Wildman–Crippen MR) is 106 cm³/mol. The maximum Gasteiger partial charge on any atom is 0.276 e. The van der Waals surface area contributed by atoms with E-state index in [0.29, 0.717) is 12.2 Å². The predicted octanol–water partition coefficient (Wildman–Crippen LogP) is 2.69. The third kappa shape index (κ3) is 3.85. The van der Waals surface area contributed by atoms with E-state index in [-0.39, 0.29) is 5.91 Å². The summed E-state index contributed by atoms with van der Waals surface area (Å²) in [6.45, 7) is 7.12. The molecule has 0 unspecified atom stereocenters. The zero-order valence-corrected chi connectivity index (χ0v) is 16.3. The second-order valence-electron chi connectivity index (χ2n) is 6.79. The van der Waals surface area contributed by atoms with Crippen molar-refractivity contribution in [1.29, 1.82) is 0 Å². The van der Waals surface area contributed by atoms with E-state index in [1.54, 1.807) is 22.2 Å². The molecule has 1 aliphatic heterocycles. The Morgan fingerprint density at radius 3 is 2.63 bits per heavy atom. The molecule has 0 atom stereocenters. The lowest BCUT2D eigenvalue weighted by atomic mass is 10.2. The number of carbonyl (C=O) groups excluding carboxylic acids is 1. The highest BCUT2D eigenvalue weighted by Crippen LogP contribution is 2.21. The Morgan fingerprint density at radius 2 is 1.89 bits per heavy atom. The molecule has 3 aromatic rings. The molecule has 0 radical (unpaired) electrons. The number of aryl methyl sites for hydroxylation is 2. The van der Waals surface area contributed by atoms with Gasteiger partial charge in [-0.15, -0.1) is 16.4 Å². The second kappa shape index (κ2) is 7.48. The first-order chi connectivity index (χ1) is 13.1. The van der Waals surface area contributed by atoms with Crippen LogP contribution in [0.25, 0.3) is 5.69 Å². The molecule has 0 N–H and O–H groups in total. The Morgan fingerprint density at radius 1 is 1.07 bits per heavy atom.